The average molecular weight is 340 g/mol. The van der Waals surface area contributed by atoms with Crippen molar-refractivity contribution in [2.75, 3.05) is 13.6 Å². The summed E-state index contributed by atoms with van der Waals surface area (Å²) < 4.78 is 1.16. The van der Waals surface area contributed by atoms with Gasteiger partial charge in [-0.3, -0.25) is 4.79 Å². The van der Waals surface area contributed by atoms with Crippen molar-refractivity contribution in [3.63, 3.8) is 0 Å². The van der Waals surface area contributed by atoms with E-state index in [1.807, 2.05) is 43.4 Å². The maximum absolute atomic E-state index is 12.4. The Morgan fingerprint density at radius 2 is 1.88 bits per heavy atom. The molecule has 0 radical (unpaired) electrons. The van der Waals surface area contributed by atoms with Crippen LogP contribution in [-0.4, -0.2) is 29.4 Å². The van der Waals surface area contributed by atoms with Crippen LogP contribution >= 0.6 is 11.3 Å². The predicted molar refractivity (Wildman–Crippen MR) is 97.7 cm³/mol. The van der Waals surface area contributed by atoms with Crippen LogP contribution in [0.1, 0.15) is 23.5 Å². The van der Waals surface area contributed by atoms with E-state index in [4.69, 9.17) is 0 Å². The molecule has 0 aliphatic carbocycles. The average Bonchev–Trinajstić information content (AvgIpc) is 3.02. The highest BCUT2D eigenvalue weighted by Gasteiger charge is 2.16. The molecule has 2 aromatic carbocycles. The SMILES string of the molecule is C[C@@H]([NH2+]CC(=O)N(C)Cc1nc2ccccc2s1)c1ccccc1. The molecule has 1 heterocycles. The van der Waals surface area contributed by atoms with Crippen LogP contribution in [0.2, 0.25) is 0 Å². The number of hydrogen-bond donors (Lipinski definition) is 1. The van der Waals surface area contributed by atoms with Crippen molar-refractivity contribution in [1.29, 1.82) is 0 Å². The van der Waals surface area contributed by atoms with Crippen molar-refractivity contribution >= 4 is 27.5 Å². The summed E-state index contributed by atoms with van der Waals surface area (Å²) in [6, 6.07) is 18.6. The minimum absolute atomic E-state index is 0.122. The lowest BCUT2D eigenvalue weighted by Gasteiger charge is -2.16. The van der Waals surface area contributed by atoms with E-state index in [2.05, 4.69) is 35.4 Å². The highest BCUT2D eigenvalue weighted by molar-refractivity contribution is 7.18. The molecular formula is C19H22N3OS+. The zero-order valence-corrected chi connectivity index (χ0v) is 14.8. The van der Waals surface area contributed by atoms with Crippen LogP contribution in [0.3, 0.4) is 0 Å². The topological polar surface area (TPSA) is 49.8 Å². The Labute approximate surface area is 146 Å². The molecule has 0 bridgehead atoms. The first-order valence-electron chi connectivity index (χ1n) is 8.10. The predicted octanol–water partition coefficient (Wildman–Crippen LogP) is 2.58. The van der Waals surface area contributed by atoms with Gasteiger partial charge in [0.15, 0.2) is 6.54 Å². The lowest BCUT2D eigenvalue weighted by molar-refractivity contribution is -0.683. The second kappa shape index (κ2) is 7.55. The zero-order valence-electron chi connectivity index (χ0n) is 14.0. The molecule has 2 N–H and O–H groups in total. The Morgan fingerprint density at radius 3 is 2.62 bits per heavy atom. The standard InChI is InChI=1S/C19H21N3OS/c1-14(15-8-4-3-5-9-15)20-12-19(23)22(2)13-18-21-16-10-6-7-11-17(16)24-18/h3-11,14,20H,12-13H2,1-2H3/p+1/t14-/m1/s1. The summed E-state index contributed by atoms with van der Waals surface area (Å²) in [5.74, 6) is 0.122. The molecule has 3 rings (SSSR count). The van der Waals surface area contributed by atoms with Crippen LogP contribution in [0, 0.1) is 0 Å². The number of benzene rings is 2. The van der Waals surface area contributed by atoms with E-state index in [9.17, 15) is 4.79 Å². The van der Waals surface area contributed by atoms with Crippen LogP contribution in [-0.2, 0) is 11.3 Å². The summed E-state index contributed by atoms with van der Waals surface area (Å²) in [6.45, 7) is 3.12. The number of quaternary nitrogens is 1. The van der Waals surface area contributed by atoms with Gasteiger partial charge in [0.05, 0.1) is 16.8 Å². The number of carbonyl (C=O) groups excluding carboxylic acids is 1. The second-order valence-corrected chi connectivity index (χ2v) is 7.08. The van der Waals surface area contributed by atoms with Crippen LogP contribution < -0.4 is 5.32 Å². The summed E-state index contributed by atoms with van der Waals surface area (Å²) in [7, 11) is 1.84. The van der Waals surface area contributed by atoms with E-state index in [-0.39, 0.29) is 11.9 Å². The first kappa shape index (κ1) is 16.6. The monoisotopic (exact) mass is 340 g/mol. The van der Waals surface area contributed by atoms with E-state index in [0.717, 1.165) is 15.2 Å². The van der Waals surface area contributed by atoms with Gasteiger partial charge in [-0.1, -0.05) is 42.5 Å². The molecule has 0 fully saturated rings. The minimum Gasteiger partial charge on any atom is -0.334 e. The van der Waals surface area contributed by atoms with Crippen molar-refractivity contribution in [3.8, 4) is 0 Å². The summed E-state index contributed by atoms with van der Waals surface area (Å²) >= 11 is 1.65. The van der Waals surface area contributed by atoms with Gasteiger partial charge in [-0.05, 0) is 19.1 Å². The number of nitrogens with two attached hydrogens (primary N) is 1. The van der Waals surface area contributed by atoms with Gasteiger partial charge in [0, 0.05) is 12.6 Å². The Hall–Kier alpha value is -2.24. The molecule has 0 saturated carbocycles. The van der Waals surface area contributed by atoms with Gasteiger partial charge in [0.25, 0.3) is 5.91 Å². The lowest BCUT2D eigenvalue weighted by Crippen LogP contribution is -2.86. The number of aromatic nitrogens is 1. The highest BCUT2D eigenvalue weighted by atomic mass is 32.1. The summed E-state index contributed by atoms with van der Waals surface area (Å²) in [5.41, 5.74) is 2.24. The quantitative estimate of drug-likeness (QED) is 0.750. The van der Waals surface area contributed by atoms with E-state index >= 15 is 0 Å². The molecule has 4 nitrogen and oxygen atoms in total. The molecule has 0 aliphatic heterocycles. The van der Waals surface area contributed by atoms with Crippen molar-refractivity contribution in [2.45, 2.75) is 19.5 Å². The van der Waals surface area contributed by atoms with Gasteiger partial charge >= 0.3 is 0 Å². The fourth-order valence-corrected chi connectivity index (χ4v) is 3.63. The Morgan fingerprint density at radius 1 is 1.17 bits per heavy atom. The summed E-state index contributed by atoms with van der Waals surface area (Å²) in [4.78, 5) is 18.7. The highest BCUT2D eigenvalue weighted by Crippen LogP contribution is 2.22. The maximum atomic E-state index is 12.4. The number of fused-ring (bicyclic) bond motifs is 1. The van der Waals surface area contributed by atoms with Gasteiger partial charge in [0.2, 0.25) is 0 Å². The number of nitrogens with zero attached hydrogens (tertiary/aromatic N) is 2. The molecule has 0 spiro atoms. The fraction of sp³-hybridized carbons (Fsp3) is 0.263. The first-order chi connectivity index (χ1) is 11.6. The molecule has 0 unspecified atom stereocenters. The summed E-state index contributed by atoms with van der Waals surface area (Å²) in [6.07, 6.45) is 0. The van der Waals surface area contributed by atoms with Crippen molar-refractivity contribution in [3.05, 3.63) is 65.2 Å². The van der Waals surface area contributed by atoms with Crippen LogP contribution in [0.15, 0.2) is 54.6 Å². The van der Waals surface area contributed by atoms with Crippen LogP contribution in [0.5, 0.6) is 0 Å². The van der Waals surface area contributed by atoms with E-state index in [1.54, 1.807) is 16.2 Å². The third-order valence-electron chi connectivity index (χ3n) is 4.11. The molecule has 24 heavy (non-hydrogen) atoms. The van der Waals surface area contributed by atoms with Gasteiger partial charge in [-0.25, -0.2) is 4.98 Å². The fourth-order valence-electron chi connectivity index (χ4n) is 2.60. The van der Waals surface area contributed by atoms with Crippen LogP contribution in [0.4, 0.5) is 0 Å². The van der Waals surface area contributed by atoms with E-state index < -0.39 is 0 Å². The Balaban J connectivity index is 1.54. The van der Waals surface area contributed by atoms with Gasteiger partial charge in [-0.15, -0.1) is 11.3 Å². The number of thiazole rings is 1. The zero-order chi connectivity index (χ0) is 16.9. The second-order valence-electron chi connectivity index (χ2n) is 5.96. The molecule has 5 heteroatoms. The normalized spacial score (nSPS) is 12.2. The molecule has 1 atom stereocenters. The third kappa shape index (κ3) is 3.99. The smallest absolute Gasteiger partial charge is 0.277 e. The number of carbonyl (C=O) groups is 1. The molecule has 1 aromatic heterocycles. The molecule has 1 amide bonds. The lowest BCUT2D eigenvalue weighted by atomic mass is 10.1. The molecular weight excluding hydrogens is 318 g/mol. The summed E-state index contributed by atoms with van der Waals surface area (Å²) in [5, 5.41) is 3.05. The van der Waals surface area contributed by atoms with E-state index in [1.165, 1.54) is 5.56 Å². The van der Waals surface area contributed by atoms with E-state index in [0.29, 0.717) is 13.1 Å². The van der Waals surface area contributed by atoms with Gasteiger partial charge in [0.1, 0.15) is 11.0 Å². The van der Waals surface area contributed by atoms with Gasteiger partial charge < -0.3 is 10.2 Å². The third-order valence-corrected chi connectivity index (χ3v) is 5.13. The number of para-hydroxylation sites is 1. The van der Waals surface area contributed by atoms with Crippen LogP contribution in [0.25, 0.3) is 10.2 Å². The van der Waals surface area contributed by atoms with Crippen molar-refractivity contribution in [1.82, 2.24) is 9.88 Å². The van der Waals surface area contributed by atoms with Gasteiger partial charge in [-0.2, -0.15) is 0 Å². The molecule has 124 valence electrons. The molecule has 0 aliphatic rings. The van der Waals surface area contributed by atoms with Crippen molar-refractivity contribution < 1.29 is 10.1 Å². The largest absolute Gasteiger partial charge is 0.334 e. The minimum atomic E-state index is 0.122. The van der Waals surface area contributed by atoms with Crippen molar-refractivity contribution in [2.24, 2.45) is 0 Å². The molecule has 0 saturated heterocycles. The molecule has 3 aromatic rings. The first-order valence-corrected chi connectivity index (χ1v) is 8.92. The number of likely N-dealkylation sites (N-methyl/N-ethyl adjacent to an activating group) is 1. The number of amides is 1. The number of hydrogen-bond acceptors (Lipinski definition) is 3. The Kier molecular flexibility index (Phi) is 5.23. The Bertz CT molecular complexity index is 783. The number of rotatable bonds is 6. The maximum Gasteiger partial charge on any atom is 0.277 e.